The molecule has 18 aromatic rings. The molecule has 20 heteroatoms. The Balaban J connectivity index is 0.000000141. The largest absolute Gasteiger partial charge is 2.00 e. The number of nitrogens with zero attached hydrogens (tertiary/aromatic N) is 12. The molecule has 0 amide bonds. The van der Waals surface area contributed by atoms with Crippen LogP contribution >= 0.6 is 15.9 Å². The van der Waals surface area contributed by atoms with Crippen molar-refractivity contribution < 1.29 is 57.0 Å². The van der Waals surface area contributed by atoms with Crippen LogP contribution in [-0.4, -0.2) is 64.0 Å². The summed E-state index contributed by atoms with van der Waals surface area (Å²) in [7, 11) is 0. The number of pyridine rings is 3. The van der Waals surface area contributed by atoms with E-state index in [9.17, 15) is 3.40 Å². The van der Waals surface area contributed by atoms with Crippen LogP contribution in [0.4, 0.5) is 0 Å². The predicted molar refractivity (Wildman–Crippen MR) is 481 cm³/mol. The summed E-state index contributed by atoms with van der Waals surface area (Å²) in [4.78, 5) is 17.1. The minimum absolute atomic E-state index is 0. The van der Waals surface area contributed by atoms with E-state index in [1.54, 1.807) is 0 Å². The number of nitrogens with one attached hydrogen (secondary N) is 1. The molecule has 0 aliphatic rings. The maximum atomic E-state index is 9.89. The minimum Gasteiger partial charge on any atom is -0.509 e. The van der Waals surface area contributed by atoms with Crippen molar-refractivity contribution in [3.63, 3.8) is 0 Å². The van der Waals surface area contributed by atoms with Gasteiger partial charge in [-0.05, 0) is 223 Å². The number of halogens is 1. The number of aromatic nitrogens is 12. The summed E-state index contributed by atoms with van der Waals surface area (Å²) in [6.45, 7) is 37.8. The SMILES string of the molecule is CC(C)(C)[N]=[Pt]=[O].CC(C)(C)c1ccnc(Br)c1.Cc1cc(C)n(-c2[c-]c(Oc3[c-]c4c(cc3)c3ccccc3n4-c3cc(C(C)(C)C)ccn3)ccc2)n1.Cc1cc(C)n(-c2cccc(Oc3ccc4c(c3)[nH]c3ccccc34)c2)n1.Cc1cc(C)n(-c2cccc(Oc3ccc4c5ccccc5n(-c5cc(C(C)(C)C)ccn5)c4c3)c2)n1.[Pt+2]. The van der Waals surface area contributed by atoms with Crippen LogP contribution < -0.4 is 14.2 Å². The van der Waals surface area contributed by atoms with Gasteiger partial charge in [0.25, 0.3) is 0 Å². The average Bonchev–Trinajstić information content (AvgIpc) is 1.60. The van der Waals surface area contributed by atoms with E-state index in [0.29, 0.717) is 11.5 Å². The zero-order valence-electron chi connectivity index (χ0n) is 70.8. The van der Waals surface area contributed by atoms with Crippen LogP contribution in [0, 0.1) is 53.7 Å². The number of benzene rings is 9. The number of hydrogen-bond acceptors (Lipinski definition) is 11. The molecule has 0 saturated heterocycles. The summed E-state index contributed by atoms with van der Waals surface area (Å²) in [6, 6.07) is 89.3. The van der Waals surface area contributed by atoms with Crippen LogP contribution in [0.1, 0.15) is 134 Å². The first-order valence-electron chi connectivity index (χ1n) is 39.6. The summed E-state index contributed by atoms with van der Waals surface area (Å²) in [5.41, 5.74) is 19.4. The molecule has 0 radical (unpaired) electrons. The van der Waals surface area contributed by atoms with E-state index in [1.165, 1.54) is 38.2 Å². The van der Waals surface area contributed by atoms with Gasteiger partial charge < -0.3 is 23.8 Å². The van der Waals surface area contributed by atoms with E-state index >= 15 is 0 Å². The number of ether oxygens (including phenoxy) is 3. The fourth-order valence-electron chi connectivity index (χ4n) is 14.3. The monoisotopic (exact) mass is 2010 g/mol. The Morgan fingerprint density at radius 2 is 0.825 bits per heavy atom. The predicted octanol–water partition coefficient (Wildman–Crippen LogP) is 26.2. The van der Waals surface area contributed by atoms with Crippen molar-refractivity contribution in [3.8, 4) is 63.2 Å². The van der Waals surface area contributed by atoms with Crippen molar-refractivity contribution in [2.45, 2.75) is 146 Å². The molecule has 0 bridgehead atoms. The molecule has 0 saturated carbocycles. The molecule has 9 aromatic carbocycles. The molecule has 614 valence electrons. The summed E-state index contributed by atoms with van der Waals surface area (Å²) in [6.07, 6.45) is 5.61. The molecule has 0 fully saturated rings. The van der Waals surface area contributed by atoms with Crippen molar-refractivity contribution >= 4 is 81.3 Å². The maximum absolute atomic E-state index is 9.89. The Kier molecular flexibility index (Phi) is 25.9. The topological polar surface area (TPSA) is 175 Å². The molecular weight excluding hydrogens is 1920 g/mol. The number of aromatic amines is 1. The number of rotatable bonds is 11. The fraction of sp³-hybridized carbons (Fsp3) is 0.220. The molecule has 0 unspecified atom stereocenters. The van der Waals surface area contributed by atoms with E-state index in [2.05, 4.69) is 276 Å². The van der Waals surface area contributed by atoms with Crippen LogP contribution in [0.15, 0.2) is 269 Å². The average molecular weight is 2020 g/mol. The minimum atomic E-state index is -1.12. The van der Waals surface area contributed by atoms with E-state index in [1.807, 2.05) is 190 Å². The van der Waals surface area contributed by atoms with Gasteiger partial charge in [-0.15, -0.1) is 35.7 Å². The van der Waals surface area contributed by atoms with E-state index in [-0.39, 0.29) is 42.8 Å². The van der Waals surface area contributed by atoms with Gasteiger partial charge in [-0.1, -0.05) is 135 Å². The Morgan fingerprint density at radius 3 is 1.34 bits per heavy atom. The summed E-state index contributed by atoms with van der Waals surface area (Å²) >= 11 is 2.23. The van der Waals surface area contributed by atoms with Crippen molar-refractivity contribution in [1.29, 1.82) is 0 Å². The molecule has 0 aliphatic heterocycles. The zero-order chi connectivity index (χ0) is 84.2. The molecule has 0 atom stereocenters. The van der Waals surface area contributed by atoms with Crippen LogP contribution in [0.25, 0.3) is 94.1 Å². The summed E-state index contributed by atoms with van der Waals surface area (Å²) < 4.78 is 43.6. The number of fused-ring (bicyclic) bond motifs is 9. The van der Waals surface area contributed by atoms with Gasteiger partial charge in [-0.2, -0.15) is 27.4 Å². The molecule has 9 aromatic heterocycles. The Labute approximate surface area is 732 Å². The van der Waals surface area contributed by atoms with Gasteiger partial charge in [-0.25, -0.2) is 24.3 Å². The molecule has 9 heterocycles. The molecule has 120 heavy (non-hydrogen) atoms. The smallest absolute Gasteiger partial charge is 0.509 e. The first-order valence-corrected chi connectivity index (χ1v) is 42.4. The third kappa shape index (κ3) is 20.1. The van der Waals surface area contributed by atoms with Gasteiger partial charge in [0, 0.05) is 104 Å². The molecule has 0 aliphatic carbocycles. The van der Waals surface area contributed by atoms with E-state index in [4.69, 9.17) is 24.2 Å². The first-order chi connectivity index (χ1) is 56.8. The first kappa shape index (κ1) is 86.2. The zero-order valence-corrected chi connectivity index (χ0v) is 77.0. The Morgan fingerprint density at radius 1 is 0.383 bits per heavy atom. The third-order valence-corrected chi connectivity index (χ3v) is 22.2. The van der Waals surface area contributed by atoms with Crippen LogP contribution in [0.2, 0.25) is 0 Å². The second-order valence-corrected chi connectivity index (χ2v) is 35.5. The summed E-state index contributed by atoms with van der Waals surface area (Å²) in [5.74, 6) is 6.12. The molecular formula is C100H98BrN13O4Pt2. The molecule has 18 rings (SSSR count). The number of H-pyrrole nitrogens is 1. The second-order valence-electron chi connectivity index (χ2n) is 33.8. The second kappa shape index (κ2) is 36.1. The number of aryl methyl sites for hydroxylation is 6. The third-order valence-electron chi connectivity index (χ3n) is 20.0. The van der Waals surface area contributed by atoms with E-state index in [0.717, 1.165) is 134 Å². The number of para-hydroxylation sites is 3. The van der Waals surface area contributed by atoms with Crippen LogP contribution in [0.3, 0.4) is 0 Å². The van der Waals surface area contributed by atoms with Crippen molar-refractivity contribution in [2.75, 3.05) is 0 Å². The van der Waals surface area contributed by atoms with E-state index < -0.39 is 18.3 Å². The molecule has 1 N–H and O–H groups in total. The maximum Gasteiger partial charge on any atom is 2.00 e. The number of hydrogen-bond donors (Lipinski definition) is 1. The normalized spacial score (nSPS) is 11.7. The van der Waals surface area contributed by atoms with Gasteiger partial charge in [0.1, 0.15) is 39.2 Å². The molecule has 0 spiro atoms. The van der Waals surface area contributed by atoms with Crippen molar-refractivity contribution in [1.82, 2.24) is 58.4 Å². The Hall–Kier alpha value is -11.7. The quantitative estimate of drug-likeness (QED) is 0.0969. The standard InChI is InChI=1S/C32H30N4O.C32H28N4O.C23H19N3O.C9H12BrN.C4H9N.O.2Pt/c2*1-21-17-22(2)36(34-21)24-9-8-10-25(19-24)37-26-13-14-28-27-11-6-7-12-29(27)35(30(28)20-26)31-18-23(15-16-33-31)32(3,4)5;1-15-12-16(2)26(25-15)17-6-5-7-18(13-17)27-19-10-11-21-20-8-3-4-9-22(20)24-23(21)14-19;1-9(2,3)7-4-5-11-8(10)6-7;1-4(2,3)5;;;/h6-20H,1-5H3;6-18H,1-5H3;3-14,24H,1-2H3;4-6H,1-3H3;1-3H3;;;/q;-2;;;;;;+2. The fourth-order valence-corrected chi connectivity index (χ4v) is 15.3. The summed E-state index contributed by atoms with van der Waals surface area (Å²) in [5, 5.41) is 20.8. The molecule has 17 nitrogen and oxygen atoms in total. The van der Waals surface area contributed by atoms with Gasteiger partial charge in [0.15, 0.2) is 0 Å². The van der Waals surface area contributed by atoms with Crippen molar-refractivity contribution in [3.05, 3.63) is 329 Å². The van der Waals surface area contributed by atoms with Crippen LogP contribution in [0.5, 0.6) is 34.5 Å². The van der Waals surface area contributed by atoms with Gasteiger partial charge in [-0.3, -0.25) is 9.25 Å². The van der Waals surface area contributed by atoms with Crippen LogP contribution in [-0.2, 0) is 59.1 Å². The van der Waals surface area contributed by atoms with Gasteiger partial charge in [0.05, 0.1) is 45.0 Å². The van der Waals surface area contributed by atoms with Crippen molar-refractivity contribution in [2.24, 2.45) is 3.50 Å². The Bertz CT molecular complexity index is 6530. The van der Waals surface area contributed by atoms with Gasteiger partial charge in [0.2, 0.25) is 0 Å². The van der Waals surface area contributed by atoms with Gasteiger partial charge >= 0.3 is 72.6 Å².